The Bertz CT molecular complexity index is 997. The maximum Gasteiger partial charge on any atom is 0.261 e. The number of sulfonamides is 1. The van der Waals surface area contributed by atoms with Crippen LogP contribution in [0.2, 0.25) is 5.02 Å². The lowest BCUT2D eigenvalue weighted by Gasteiger charge is -2.30. The predicted molar refractivity (Wildman–Crippen MR) is 125 cm³/mol. The van der Waals surface area contributed by atoms with Gasteiger partial charge in [-0.3, -0.25) is 9.52 Å². The van der Waals surface area contributed by atoms with Crippen LogP contribution in [0.3, 0.4) is 0 Å². The first-order chi connectivity index (χ1) is 14.8. The fourth-order valence-electron chi connectivity index (χ4n) is 3.81. The van der Waals surface area contributed by atoms with Crippen LogP contribution in [-0.2, 0) is 10.0 Å². The maximum absolute atomic E-state index is 12.7. The van der Waals surface area contributed by atoms with E-state index in [0.29, 0.717) is 22.8 Å². The number of likely N-dealkylation sites (tertiary alicyclic amines) is 1. The third-order valence-electron chi connectivity index (χ3n) is 5.45. The van der Waals surface area contributed by atoms with Gasteiger partial charge in [-0.2, -0.15) is 0 Å². The molecule has 0 aromatic heterocycles. The molecule has 2 N–H and O–H groups in total. The molecule has 1 heterocycles. The number of hydrogen-bond acceptors (Lipinski definition) is 4. The highest BCUT2D eigenvalue weighted by Gasteiger charge is 2.18. The molecule has 0 bridgehead atoms. The van der Waals surface area contributed by atoms with E-state index >= 15 is 0 Å². The molecule has 2 aromatic carbocycles. The summed E-state index contributed by atoms with van der Waals surface area (Å²) in [5.41, 5.74) is 0.606. The normalized spacial score (nSPS) is 17.3. The zero-order valence-electron chi connectivity index (χ0n) is 17.8. The first-order valence-corrected chi connectivity index (χ1v) is 12.6. The van der Waals surface area contributed by atoms with Gasteiger partial charge in [0.25, 0.3) is 15.9 Å². The molecular formula is C23H30ClN3O3S. The largest absolute Gasteiger partial charge is 0.352 e. The Morgan fingerprint density at radius 2 is 1.97 bits per heavy atom. The third-order valence-corrected chi connectivity index (χ3v) is 7.15. The monoisotopic (exact) mass is 463 g/mol. The first kappa shape index (κ1) is 23.6. The van der Waals surface area contributed by atoms with Crippen LogP contribution >= 0.6 is 11.6 Å². The van der Waals surface area contributed by atoms with E-state index in [4.69, 9.17) is 11.6 Å². The average Bonchev–Trinajstić information content (AvgIpc) is 2.75. The van der Waals surface area contributed by atoms with Crippen molar-refractivity contribution in [2.75, 3.05) is 30.9 Å². The highest BCUT2D eigenvalue weighted by molar-refractivity contribution is 7.92. The lowest BCUT2D eigenvalue weighted by atomic mass is 10.0. The van der Waals surface area contributed by atoms with Crippen LogP contribution in [-0.4, -0.2) is 45.4 Å². The second-order valence-electron chi connectivity index (χ2n) is 8.12. The van der Waals surface area contributed by atoms with E-state index in [1.54, 1.807) is 36.4 Å². The lowest BCUT2D eigenvalue weighted by molar-refractivity contribution is 0.0952. The smallest absolute Gasteiger partial charge is 0.261 e. The van der Waals surface area contributed by atoms with Gasteiger partial charge in [0.2, 0.25) is 0 Å². The van der Waals surface area contributed by atoms with Gasteiger partial charge < -0.3 is 10.2 Å². The Labute approximate surface area is 190 Å². The molecule has 1 aliphatic heterocycles. The number of unbranched alkanes of at least 4 members (excludes halogenated alkanes) is 1. The number of benzene rings is 2. The van der Waals surface area contributed by atoms with E-state index in [1.165, 1.54) is 31.5 Å². The minimum Gasteiger partial charge on any atom is -0.352 e. The molecule has 3 rings (SSSR count). The van der Waals surface area contributed by atoms with Crippen LogP contribution in [0.15, 0.2) is 53.4 Å². The van der Waals surface area contributed by atoms with Crippen molar-refractivity contribution in [2.24, 2.45) is 5.92 Å². The number of halogens is 1. The number of carbonyl (C=O) groups is 1. The summed E-state index contributed by atoms with van der Waals surface area (Å²) in [6, 6.07) is 12.6. The minimum atomic E-state index is -3.86. The average molecular weight is 464 g/mol. The van der Waals surface area contributed by atoms with E-state index < -0.39 is 10.0 Å². The van der Waals surface area contributed by atoms with E-state index in [-0.39, 0.29) is 10.8 Å². The van der Waals surface area contributed by atoms with Gasteiger partial charge in [0.15, 0.2) is 0 Å². The van der Waals surface area contributed by atoms with E-state index in [9.17, 15) is 13.2 Å². The van der Waals surface area contributed by atoms with Crippen molar-refractivity contribution >= 4 is 33.2 Å². The molecule has 1 saturated heterocycles. The van der Waals surface area contributed by atoms with Gasteiger partial charge in [0.1, 0.15) is 0 Å². The Morgan fingerprint density at radius 3 is 2.74 bits per heavy atom. The fraction of sp³-hybridized carbons (Fsp3) is 0.435. The number of nitrogens with one attached hydrogen (secondary N) is 2. The summed E-state index contributed by atoms with van der Waals surface area (Å²) in [4.78, 5) is 15.0. The van der Waals surface area contributed by atoms with Crippen molar-refractivity contribution in [3.8, 4) is 0 Å². The van der Waals surface area contributed by atoms with Crippen LogP contribution in [0.5, 0.6) is 0 Å². The standard InChI is InChI=1S/C23H30ClN3O3S/c1-18-8-7-15-27(17-18)14-5-4-13-25-23(28)19-9-6-10-20(16-19)31(29,30)26-22-12-3-2-11-21(22)24/h2-3,6,9-12,16,18,26H,4-5,7-8,13-15,17H2,1H3,(H,25,28). The van der Waals surface area contributed by atoms with Gasteiger partial charge >= 0.3 is 0 Å². The van der Waals surface area contributed by atoms with E-state index in [2.05, 4.69) is 21.9 Å². The lowest BCUT2D eigenvalue weighted by Crippen LogP contribution is -2.35. The van der Waals surface area contributed by atoms with Crippen molar-refractivity contribution in [3.05, 3.63) is 59.1 Å². The number of carbonyl (C=O) groups excluding carboxylic acids is 1. The van der Waals surface area contributed by atoms with Gasteiger partial charge in [0.05, 0.1) is 15.6 Å². The van der Waals surface area contributed by atoms with Crippen LogP contribution in [0, 0.1) is 5.92 Å². The Hall–Kier alpha value is -2.09. The van der Waals surface area contributed by atoms with Crippen molar-refractivity contribution in [2.45, 2.75) is 37.5 Å². The molecule has 1 fully saturated rings. The van der Waals surface area contributed by atoms with Gasteiger partial charge in [-0.1, -0.05) is 36.7 Å². The van der Waals surface area contributed by atoms with Gasteiger partial charge in [0, 0.05) is 18.7 Å². The molecule has 1 amide bonds. The van der Waals surface area contributed by atoms with E-state index in [0.717, 1.165) is 31.8 Å². The Morgan fingerprint density at radius 1 is 1.16 bits per heavy atom. The molecule has 168 valence electrons. The zero-order chi connectivity index (χ0) is 22.3. The zero-order valence-corrected chi connectivity index (χ0v) is 19.4. The third kappa shape index (κ3) is 6.95. The van der Waals surface area contributed by atoms with Gasteiger partial charge in [-0.25, -0.2) is 8.42 Å². The summed E-state index contributed by atoms with van der Waals surface area (Å²) >= 11 is 6.04. The number of amides is 1. The molecule has 0 saturated carbocycles. The summed E-state index contributed by atoms with van der Waals surface area (Å²) < 4.78 is 27.9. The van der Waals surface area contributed by atoms with Crippen molar-refractivity contribution in [1.82, 2.24) is 10.2 Å². The molecule has 1 atom stereocenters. The van der Waals surface area contributed by atoms with Crippen molar-refractivity contribution in [3.63, 3.8) is 0 Å². The molecule has 8 heteroatoms. The van der Waals surface area contributed by atoms with Crippen LogP contribution in [0.1, 0.15) is 43.0 Å². The minimum absolute atomic E-state index is 0.0132. The Kier molecular flexibility index (Phi) is 8.35. The predicted octanol–water partition coefficient (Wildman–Crippen LogP) is 4.38. The van der Waals surface area contributed by atoms with Crippen molar-refractivity contribution < 1.29 is 13.2 Å². The quantitative estimate of drug-likeness (QED) is 0.541. The summed E-state index contributed by atoms with van der Waals surface area (Å²) in [5.74, 6) is 0.491. The second kappa shape index (κ2) is 11.0. The number of piperidine rings is 1. The number of anilines is 1. The summed E-state index contributed by atoms with van der Waals surface area (Å²) in [7, 11) is -3.86. The molecule has 31 heavy (non-hydrogen) atoms. The Balaban J connectivity index is 1.51. The van der Waals surface area contributed by atoms with Gasteiger partial charge in [-0.05, 0) is 75.0 Å². The highest BCUT2D eigenvalue weighted by Crippen LogP contribution is 2.24. The number of rotatable bonds is 9. The van der Waals surface area contributed by atoms with Gasteiger partial charge in [-0.15, -0.1) is 0 Å². The number of hydrogen-bond donors (Lipinski definition) is 2. The van der Waals surface area contributed by atoms with Crippen LogP contribution < -0.4 is 10.0 Å². The number of nitrogens with zero attached hydrogens (tertiary/aromatic N) is 1. The molecule has 1 unspecified atom stereocenters. The SMILES string of the molecule is CC1CCCN(CCCCNC(=O)c2cccc(S(=O)(=O)Nc3ccccc3Cl)c2)C1. The van der Waals surface area contributed by atoms with Crippen LogP contribution in [0.4, 0.5) is 5.69 Å². The molecule has 2 aromatic rings. The van der Waals surface area contributed by atoms with E-state index in [1.807, 2.05) is 0 Å². The molecular weight excluding hydrogens is 434 g/mol. The summed E-state index contributed by atoms with van der Waals surface area (Å²) in [6.07, 6.45) is 4.50. The van der Waals surface area contributed by atoms with Crippen molar-refractivity contribution in [1.29, 1.82) is 0 Å². The topological polar surface area (TPSA) is 78.5 Å². The molecule has 0 spiro atoms. The molecule has 6 nitrogen and oxygen atoms in total. The molecule has 0 radical (unpaired) electrons. The number of para-hydroxylation sites is 1. The highest BCUT2D eigenvalue weighted by atomic mass is 35.5. The second-order valence-corrected chi connectivity index (χ2v) is 10.2. The summed E-state index contributed by atoms with van der Waals surface area (Å²) in [5, 5.41) is 3.19. The fourth-order valence-corrected chi connectivity index (χ4v) is 5.17. The molecule has 1 aliphatic rings. The maximum atomic E-state index is 12.7. The first-order valence-electron chi connectivity index (χ1n) is 10.7. The molecule has 0 aliphatic carbocycles. The van der Waals surface area contributed by atoms with Crippen LogP contribution in [0.25, 0.3) is 0 Å². The summed E-state index contributed by atoms with van der Waals surface area (Å²) in [6.45, 7) is 6.25.